The van der Waals surface area contributed by atoms with Crippen LogP contribution in [0.2, 0.25) is 0 Å². The molecular formula is C26H21F2N5O3. The standard InChI is InChI=1S/C26H21F2N5O3/c1-15(33-14-31-22-25(29-13-30-26(22)33)32-9-11-35-12-10-32)24-20(16-5-7-17(27)8-6-16)23(34)21-18(28)3-2-4-19(21)36-24/h2-8,13-15H,9-12H2,1H3. The molecule has 8 nitrogen and oxygen atoms in total. The quantitative estimate of drug-likeness (QED) is 0.372. The number of imidazole rings is 1. The number of halogens is 2. The van der Waals surface area contributed by atoms with Gasteiger partial charge in [-0.1, -0.05) is 18.2 Å². The van der Waals surface area contributed by atoms with Gasteiger partial charge < -0.3 is 18.6 Å². The number of aromatic nitrogens is 4. The number of benzene rings is 2. The fourth-order valence-corrected chi connectivity index (χ4v) is 4.66. The topological polar surface area (TPSA) is 86.3 Å². The first-order chi connectivity index (χ1) is 17.5. The summed E-state index contributed by atoms with van der Waals surface area (Å²) in [6.07, 6.45) is 3.10. The third-order valence-corrected chi connectivity index (χ3v) is 6.48. The second kappa shape index (κ2) is 8.80. The van der Waals surface area contributed by atoms with Crippen LogP contribution < -0.4 is 10.3 Å². The van der Waals surface area contributed by atoms with Crippen LogP contribution in [-0.4, -0.2) is 45.8 Å². The number of anilines is 1. The van der Waals surface area contributed by atoms with Crippen LogP contribution in [0, 0.1) is 11.6 Å². The molecule has 0 saturated carbocycles. The lowest BCUT2D eigenvalue weighted by Crippen LogP contribution is -2.37. The highest BCUT2D eigenvalue weighted by Crippen LogP contribution is 2.34. The Hall–Kier alpha value is -4.18. The van der Waals surface area contributed by atoms with Crippen LogP contribution in [0.4, 0.5) is 14.6 Å². The summed E-state index contributed by atoms with van der Waals surface area (Å²) in [5, 5.41) is -0.153. The van der Waals surface area contributed by atoms with E-state index in [1.807, 2.05) is 6.92 Å². The van der Waals surface area contributed by atoms with Gasteiger partial charge in [0.15, 0.2) is 17.0 Å². The molecule has 1 fully saturated rings. The normalized spacial score (nSPS) is 15.0. The number of morpholine rings is 1. The van der Waals surface area contributed by atoms with E-state index in [1.165, 1.54) is 42.7 Å². The van der Waals surface area contributed by atoms with Gasteiger partial charge in [0.2, 0.25) is 5.43 Å². The van der Waals surface area contributed by atoms with Crippen LogP contribution >= 0.6 is 0 Å². The summed E-state index contributed by atoms with van der Waals surface area (Å²) in [6, 6.07) is 9.17. The first kappa shape index (κ1) is 22.3. The van der Waals surface area contributed by atoms with E-state index in [-0.39, 0.29) is 22.3 Å². The highest BCUT2D eigenvalue weighted by Gasteiger charge is 2.26. The molecule has 36 heavy (non-hydrogen) atoms. The molecule has 1 saturated heterocycles. The summed E-state index contributed by atoms with van der Waals surface area (Å²) in [7, 11) is 0. The van der Waals surface area contributed by atoms with Crippen molar-refractivity contribution in [2.45, 2.75) is 13.0 Å². The predicted octanol–water partition coefficient (Wildman–Crippen LogP) is 4.32. The van der Waals surface area contributed by atoms with Gasteiger partial charge in [0.25, 0.3) is 0 Å². The first-order valence-electron chi connectivity index (χ1n) is 11.5. The monoisotopic (exact) mass is 489 g/mol. The number of ether oxygens (including phenoxy) is 1. The minimum atomic E-state index is -0.681. The zero-order valence-corrected chi connectivity index (χ0v) is 19.3. The van der Waals surface area contributed by atoms with Gasteiger partial charge in [-0.2, -0.15) is 0 Å². The first-order valence-corrected chi connectivity index (χ1v) is 11.5. The molecule has 182 valence electrons. The van der Waals surface area contributed by atoms with Gasteiger partial charge in [-0.05, 0) is 36.8 Å². The predicted molar refractivity (Wildman–Crippen MR) is 130 cm³/mol. The van der Waals surface area contributed by atoms with Crippen molar-refractivity contribution in [1.29, 1.82) is 0 Å². The molecule has 4 heterocycles. The molecule has 6 rings (SSSR count). The number of nitrogens with zero attached hydrogens (tertiary/aromatic N) is 5. The Kier molecular flexibility index (Phi) is 5.45. The molecule has 0 aliphatic carbocycles. The lowest BCUT2D eigenvalue weighted by molar-refractivity contribution is 0.122. The molecule has 1 aliphatic rings. The molecule has 0 N–H and O–H groups in total. The summed E-state index contributed by atoms with van der Waals surface area (Å²) in [4.78, 5) is 29.2. The SMILES string of the molecule is CC(c1oc2cccc(F)c2c(=O)c1-c1ccc(F)cc1)n1cnc2c(N3CCOCC3)ncnc21. The van der Waals surface area contributed by atoms with E-state index in [0.29, 0.717) is 48.8 Å². The minimum Gasteiger partial charge on any atom is -0.458 e. The van der Waals surface area contributed by atoms with Crippen LogP contribution in [0.25, 0.3) is 33.3 Å². The summed E-state index contributed by atoms with van der Waals surface area (Å²) >= 11 is 0. The summed E-state index contributed by atoms with van der Waals surface area (Å²) in [5.74, 6) is -0.136. The van der Waals surface area contributed by atoms with Crippen LogP contribution in [-0.2, 0) is 4.74 Å². The fraction of sp³-hybridized carbons (Fsp3) is 0.231. The molecule has 1 atom stereocenters. The highest BCUT2D eigenvalue weighted by molar-refractivity contribution is 5.85. The van der Waals surface area contributed by atoms with Crippen molar-refractivity contribution in [3.8, 4) is 11.1 Å². The summed E-state index contributed by atoms with van der Waals surface area (Å²) in [6.45, 7) is 4.42. The van der Waals surface area contributed by atoms with Crippen LogP contribution in [0.15, 0.2) is 64.3 Å². The van der Waals surface area contributed by atoms with Crippen molar-refractivity contribution in [1.82, 2.24) is 19.5 Å². The molecule has 3 aromatic heterocycles. The van der Waals surface area contributed by atoms with E-state index >= 15 is 0 Å². The van der Waals surface area contributed by atoms with Gasteiger partial charge in [-0.25, -0.2) is 23.7 Å². The highest BCUT2D eigenvalue weighted by atomic mass is 19.1. The van der Waals surface area contributed by atoms with Crippen molar-refractivity contribution >= 4 is 28.0 Å². The maximum absolute atomic E-state index is 14.7. The van der Waals surface area contributed by atoms with Crippen molar-refractivity contribution < 1.29 is 17.9 Å². The van der Waals surface area contributed by atoms with E-state index in [1.54, 1.807) is 17.0 Å². The average Bonchev–Trinajstić information content (AvgIpc) is 3.34. The Morgan fingerprint density at radius 3 is 2.56 bits per heavy atom. The Balaban J connectivity index is 1.55. The maximum atomic E-state index is 14.7. The lowest BCUT2D eigenvalue weighted by atomic mass is 9.99. The molecule has 10 heteroatoms. The Labute approximate surface area is 203 Å². The number of hydrogen-bond donors (Lipinski definition) is 0. The maximum Gasteiger partial charge on any atom is 0.203 e. The molecule has 2 aromatic carbocycles. The third-order valence-electron chi connectivity index (χ3n) is 6.48. The fourth-order valence-electron chi connectivity index (χ4n) is 4.66. The third kappa shape index (κ3) is 3.61. The lowest BCUT2D eigenvalue weighted by Gasteiger charge is -2.27. The molecule has 0 radical (unpaired) electrons. The molecular weight excluding hydrogens is 468 g/mol. The number of rotatable bonds is 4. The van der Waals surface area contributed by atoms with Gasteiger partial charge in [-0.3, -0.25) is 4.79 Å². The Bertz CT molecular complexity index is 1640. The van der Waals surface area contributed by atoms with E-state index in [2.05, 4.69) is 19.9 Å². The average molecular weight is 489 g/mol. The largest absolute Gasteiger partial charge is 0.458 e. The second-order valence-corrected chi connectivity index (χ2v) is 8.59. The van der Waals surface area contributed by atoms with Gasteiger partial charge in [0.1, 0.15) is 34.7 Å². The van der Waals surface area contributed by atoms with E-state index in [0.717, 1.165) is 0 Å². The number of hydrogen-bond acceptors (Lipinski definition) is 7. The van der Waals surface area contributed by atoms with Crippen LogP contribution in [0.5, 0.6) is 0 Å². The summed E-state index contributed by atoms with van der Waals surface area (Å²) in [5.41, 5.74) is 1.35. The smallest absolute Gasteiger partial charge is 0.203 e. The zero-order valence-electron chi connectivity index (χ0n) is 19.3. The number of fused-ring (bicyclic) bond motifs is 2. The molecule has 0 amide bonds. The Morgan fingerprint density at radius 1 is 1.00 bits per heavy atom. The van der Waals surface area contributed by atoms with Crippen molar-refractivity contribution in [3.63, 3.8) is 0 Å². The molecule has 5 aromatic rings. The molecule has 0 bridgehead atoms. The zero-order chi connectivity index (χ0) is 24.8. The molecule has 1 unspecified atom stereocenters. The second-order valence-electron chi connectivity index (χ2n) is 8.59. The van der Waals surface area contributed by atoms with Crippen molar-refractivity contribution in [2.75, 3.05) is 31.2 Å². The van der Waals surface area contributed by atoms with Gasteiger partial charge >= 0.3 is 0 Å². The van der Waals surface area contributed by atoms with E-state index in [9.17, 15) is 13.6 Å². The van der Waals surface area contributed by atoms with Crippen molar-refractivity contribution in [3.05, 3.63) is 82.7 Å². The van der Waals surface area contributed by atoms with Crippen LogP contribution in [0.1, 0.15) is 18.7 Å². The minimum absolute atomic E-state index is 0.126. The summed E-state index contributed by atoms with van der Waals surface area (Å²) < 4.78 is 41.8. The van der Waals surface area contributed by atoms with Gasteiger partial charge in [0.05, 0.1) is 31.1 Å². The Morgan fingerprint density at radius 2 is 1.78 bits per heavy atom. The van der Waals surface area contributed by atoms with Gasteiger partial charge in [0, 0.05) is 13.1 Å². The van der Waals surface area contributed by atoms with E-state index in [4.69, 9.17) is 9.15 Å². The van der Waals surface area contributed by atoms with Crippen LogP contribution in [0.3, 0.4) is 0 Å². The molecule has 0 spiro atoms. The van der Waals surface area contributed by atoms with Crippen molar-refractivity contribution in [2.24, 2.45) is 0 Å². The van der Waals surface area contributed by atoms with Gasteiger partial charge in [-0.15, -0.1) is 0 Å². The van der Waals surface area contributed by atoms with E-state index < -0.39 is 23.1 Å². The molecule has 1 aliphatic heterocycles.